The summed E-state index contributed by atoms with van der Waals surface area (Å²) in [5.41, 5.74) is 6.35. The molecule has 0 fully saturated rings. The number of nitrogens with one attached hydrogen (secondary N) is 1. The first-order valence-corrected chi connectivity index (χ1v) is 7.31. The van der Waals surface area contributed by atoms with Gasteiger partial charge in [0, 0.05) is 29.5 Å². The molecule has 0 bridgehead atoms. The summed E-state index contributed by atoms with van der Waals surface area (Å²) in [7, 11) is 0. The minimum atomic E-state index is -0.355. The van der Waals surface area contributed by atoms with E-state index in [-0.39, 0.29) is 11.7 Å². The van der Waals surface area contributed by atoms with E-state index < -0.39 is 0 Å². The van der Waals surface area contributed by atoms with Gasteiger partial charge < -0.3 is 16.3 Å². The van der Waals surface area contributed by atoms with E-state index in [0.29, 0.717) is 23.7 Å². The van der Waals surface area contributed by atoms with Crippen LogP contribution in [0.1, 0.15) is 25.0 Å². The number of thioether (sulfide) groups is 1. The number of hydrogen-bond acceptors (Lipinski definition) is 4. The second-order valence-corrected chi connectivity index (χ2v) is 5.55. The van der Waals surface area contributed by atoms with Crippen molar-refractivity contribution in [3.63, 3.8) is 0 Å². The molecule has 4 N–H and O–H groups in total. The highest BCUT2D eigenvalue weighted by molar-refractivity contribution is 7.99. The van der Waals surface area contributed by atoms with Gasteiger partial charge in [0.1, 0.15) is 5.82 Å². The van der Waals surface area contributed by atoms with E-state index in [2.05, 4.69) is 24.3 Å². The molecule has 0 saturated heterocycles. The van der Waals surface area contributed by atoms with Gasteiger partial charge in [-0.2, -0.15) is 11.8 Å². The third kappa shape index (κ3) is 5.08. The van der Waals surface area contributed by atoms with Crippen LogP contribution in [-0.4, -0.2) is 28.6 Å². The van der Waals surface area contributed by atoms with Gasteiger partial charge in [-0.05, 0) is 18.7 Å². The first kappa shape index (κ1) is 15.8. The summed E-state index contributed by atoms with van der Waals surface area (Å²) in [6, 6.07) is 4.89. The number of rotatable bonds is 7. The van der Waals surface area contributed by atoms with Crippen LogP contribution in [0.2, 0.25) is 0 Å². The van der Waals surface area contributed by atoms with Gasteiger partial charge in [-0.3, -0.25) is 0 Å². The van der Waals surface area contributed by atoms with Crippen molar-refractivity contribution in [1.29, 1.82) is 0 Å². The van der Waals surface area contributed by atoms with Gasteiger partial charge in [0.15, 0.2) is 5.84 Å². The molecular weight excluding hydrogens is 265 g/mol. The van der Waals surface area contributed by atoms with Crippen molar-refractivity contribution in [2.75, 3.05) is 11.5 Å². The molecule has 1 rings (SSSR count). The average Bonchev–Trinajstić information content (AvgIpc) is 2.42. The molecule has 0 heterocycles. The molecule has 4 nitrogen and oxygen atoms in total. The van der Waals surface area contributed by atoms with Gasteiger partial charge in [-0.25, -0.2) is 4.39 Å². The zero-order valence-electron chi connectivity index (χ0n) is 11.2. The Bertz CT molecular complexity index is 440. The molecule has 1 unspecified atom stereocenters. The van der Waals surface area contributed by atoms with Crippen LogP contribution in [0, 0.1) is 5.82 Å². The van der Waals surface area contributed by atoms with E-state index in [1.807, 2.05) is 11.8 Å². The fraction of sp³-hybridized carbons (Fsp3) is 0.462. The van der Waals surface area contributed by atoms with Crippen molar-refractivity contribution >= 4 is 17.6 Å². The van der Waals surface area contributed by atoms with Crippen LogP contribution < -0.4 is 11.1 Å². The minimum Gasteiger partial charge on any atom is -0.409 e. The van der Waals surface area contributed by atoms with E-state index >= 15 is 0 Å². The van der Waals surface area contributed by atoms with Gasteiger partial charge in [-0.1, -0.05) is 24.2 Å². The molecule has 1 aromatic carbocycles. The topological polar surface area (TPSA) is 70.6 Å². The zero-order chi connectivity index (χ0) is 14.3. The fourth-order valence-electron chi connectivity index (χ4n) is 1.55. The molecule has 19 heavy (non-hydrogen) atoms. The zero-order valence-corrected chi connectivity index (χ0v) is 12.0. The Morgan fingerprint density at radius 2 is 2.32 bits per heavy atom. The normalized spacial score (nSPS) is 13.5. The largest absolute Gasteiger partial charge is 0.409 e. The Labute approximate surface area is 117 Å². The van der Waals surface area contributed by atoms with E-state index in [0.717, 1.165) is 11.5 Å². The summed E-state index contributed by atoms with van der Waals surface area (Å²) >= 11 is 1.85. The van der Waals surface area contributed by atoms with E-state index in [1.165, 1.54) is 6.07 Å². The Balaban J connectivity index is 2.60. The van der Waals surface area contributed by atoms with E-state index in [1.54, 1.807) is 12.1 Å². The Kier molecular flexibility index (Phi) is 6.66. The summed E-state index contributed by atoms with van der Waals surface area (Å²) in [5.74, 6) is 1.63. The molecule has 0 aromatic heterocycles. The number of nitrogens with two attached hydrogens (primary N) is 1. The summed E-state index contributed by atoms with van der Waals surface area (Å²) in [6.07, 6.45) is 0. The third-order valence-electron chi connectivity index (χ3n) is 2.67. The number of halogens is 1. The SMILES string of the molecule is CCSCC(C)NCc1ccc(/C(N)=N/O)cc1F. The van der Waals surface area contributed by atoms with Crippen LogP contribution >= 0.6 is 11.8 Å². The lowest BCUT2D eigenvalue weighted by Gasteiger charge is -2.13. The van der Waals surface area contributed by atoms with E-state index in [4.69, 9.17) is 10.9 Å². The van der Waals surface area contributed by atoms with E-state index in [9.17, 15) is 4.39 Å². The van der Waals surface area contributed by atoms with Crippen molar-refractivity contribution in [2.24, 2.45) is 10.9 Å². The molecule has 0 aliphatic heterocycles. The first-order valence-electron chi connectivity index (χ1n) is 6.16. The monoisotopic (exact) mass is 285 g/mol. The van der Waals surface area contributed by atoms with Gasteiger partial charge in [-0.15, -0.1) is 0 Å². The van der Waals surface area contributed by atoms with Crippen LogP contribution in [0.4, 0.5) is 4.39 Å². The van der Waals surface area contributed by atoms with Gasteiger partial charge in [0.05, 0.1) is 0 Å². The molecule has 106 valence electrons. The minimum absolute atomic E-state index is 0.0916. The summed E-state index contributed by atoms with van der Waals surface area (Å²) in [4.78, 5) is 0. The van der Waals surface area contributed by atoms with Crippen LogP contribution in [-0.2, 0) is 6.54 Å². The molecular formula is C13H20FN3OS. The lowest BCUT2D eigenvalue weighted by Crippen LogP contribution is -2.28. The summed E-state index contributed by atoms with van der Waals surface area (Å²) < 4.78 is 13.8. The average molecular weight is 285 g/mol. The van der Waals surface area contributed by atoms with Crippen molar-refractivity contribution in [3.05, 3.63) is 35.1 Å². The molecule has 0 aliphatic carbocycles. The number of hydrogen-bond donors (Lipinski definition) is 3. The smallest absolute Gasteiger partial charge is 0.170 e. The Hall–Kier alpha value is -1.27. The lowest BCUT2D eigenvalue weighted by atomic mass is 10.1. The molecule has 0 aliphatic rings. The maximum atomic E-state index is 13.8. The fourth-order valence-corrected chi connectivity index (χ4v) is 2.25. The van der Waals surface area contributed by atoms with Crippen molar-refractivity contribution in [2.45, 2.75) is 26.4 Å². The lowest BCUT2D eigenvalue weighted by molar-refractivity contribution is 0.318. The quantitative estimate of drug-likeness (QED) is 0.311. The molecule has 1 aromatic rings. The number of oxime groups is 1. The molecule has 0 spiro atoms. The Morgan fingerprint density at radius 1 is 1.58 bits per heavy atom. The molecule has 6 heteroatoms. The highest BCUT2D eigenvalue weighted by atomic mass is 32.2. The van der Waals surface area contributed by atoms with Crippen molar-refractivity contribution in [1.82, 2.24) is 5.32 Å². The predicted octanol–water partition coefficient (Wildman–Crippen LogP) is 2.15. The second kappa shape index (κ2) is 8.01. The maximum absolute atomic E-state index is 13.8. The summed E-state index contributed by atoms with van der Waals surface area (Å²) in [5, 5.41) is 14.6. The number of benzene rings is 1. The van der Waals surface area contributed by atoms with Gasteiger partial charge in [0.25, 0.3) is 0 Å². The number of nitrogens with zero attached hydrogens (tertiary/aromatic N) is 1. The second-order valence-electron chi connectivity index (χ2n) is 4.23. The molecule has 0 amide bonds. The number of amidine groups is 1. The van der Waals surface area contributed by atoms with Gasteiger partial charge in [0.2, 0.25) is 0 Å². The van der Waals surface area contributed by atoms with Crippen LogP contribution in [0.15, 0.2) is 23.4 Å². The standard InChI is InChI=1S/C13H20FN3OS/c1-3-19-8-9(2)16-7-11-5-4-10(6-12(11)14)13(15)17-18/h4-6,9,16,18H,3,7-8H2,1-2H3,(H2,15,17). The van der Waals surface area contributed by atoms with Crippen molar-refractivity contribution < 1.29 is 9.60 Å². The maximum Gasteiger partial charge on any atom is 0.170 e. The molecule has 1 atom stereocenters. The highest BCUT2D eigenvalue weighted by Crippen LogP contribution is 2.11. The van der Waals surface area contributed by atoms with Gasteiger partial charge >= 0.3 is 0 Å². The Morgan fingerprint density at radius 3 is 2.89 bits per heavy atom. The highest BCUT2D eigenvalue weighted by Gasteiger charge is 2.08. The van der Waals surface area contributed by atoms with Crippen molar-refractivity contribution in [3.8, 4) is 0 Å². The predicted molar refractivity (Wildman–Crippen MR) is 78.2 cm³/mol. The van der Waals surface area contributed by atoms with Crippen LogP contribution in [0.3, 0.4) is 0 Å². The third-order valence-corrected chi connectivity index (χ3v) is 3.81. The molecule has 0 saturated carbocycles. The van der Waals surface area contributed by atoms with Crippen LogP contribution in [0.25, 0.3) is 0 Å². The summed E-state index contributed by atoms with van der Waals surface area (Å²) in [6.45, 7) is 4.65. The first-order chi connectivity index (χ1) is 9.08. The molecule has 0 radical (unpaired) electrons. The van der Waals surface area contributed by atoms with Crippen LogP contribution in [0.5, 0.6) is 0 Å².